The minimum absolute atomic E-state index is 0.127. The Hall–Kier alpha value is -1.35. The second kappa shape index (κ2) is 6.61. The molecule has 0 aliphatic heterocycles. The molecule has 2 atom stereocenters. The summed E-state index contributed by atoms with van der Waals surface area (Å²) in [6.07, 6.45) is 0.320. The monoisotopic (exact) mass is 291 g/mol. The lowest BCUT2D eigenvalue weighted by molar-refractivity contribution is -0.161. The highest BCUT2D eigenvalue weighted by Crippen LogP contribution is 2.26. The zero-order valence-corrected chi connectivity index (χ0v) is 14.1. The van der Waals surface area contributed by atoms with Crippen molar-refractivity contribution in [2.45, 2.75) is 60.1 Å². The minimum atomic E-state index is -0.521. The minimum Gasteiger partial charge on any atom is -0.460 e. The van der Waals surface area contributed by atoms with Gasteiger partial charge in [0.2, 0.25) is 0 Å². The van der Waals surface area contributed by atoms with Crippen molar-refractivity contribution >= 4 is 5.97 Å². The highest BCUT2D eigenvalue weighted by molar-refractivity contribution is 5.75. The van der Waals surface area contributed by atoms with Gasteiger partial charge in [0.25, 0.3) is 0 Å². The lowest BCUT2D eigenvalue weighted by atomic mass is 9.82. The zero-order valence-electron chi connectivity index (χ0n) is 14.1. The first-order valence-corrected chi connectivity index (χ1v) is 7.52. The fourth-order valence-electron chi connectivity index (χ4n) is 1.96. The summed E-state index contributed by atoms with van der Waals surface area (Å²) >= 11 is 0. The van der Waals surface area contributed by atoms with Crippen LogP contribution in [0, 0.1) is 10.8 Å². The first-order chi connectivity index (χ1) is 9.51. The van der Waals surface area contributed by atoms with Crippen LogP contribution in [-0.2, 0) is 16.0 Å². The Morgan fingerprint density at radius 3 is 2.05 bits per heavy atom. The molecule has 0 saturated carbocycles. The van der Waals surface area contributed by atoms with E-state index in [9.17, 15) is 4.79 Å². The quantitative estimate of drug-likeness (QED) is 0.863. The number of ether oxygens (including phenoxy) is 1. The number of rotatable bonds is 4. The lowest BCUT2D eigenvalue weighted by Crippen LogP contribution is -2.49. The molecule has 2 N–H and O–H groups in total. The number of nitrogens with two attached hydrogens (primary N) is 1. The summed E-state index contributed by atoms with van der Waals surface area (Å²) in [5, 5.41) is 0. The molecule has 1 aromatic carbocycles. The van der Waals surface area contributed by atoms with Crippen LogP contribution >= 0.6 is 0 Å². The van der Waals surface area contributed by atoms with E-state index in [1.54, 1.807) is 0 Å². The first kappa shape index (κ1) is 17.7. The Bertz CT molecular complexity index is 454. The largest absolute Gasteiger partial charge is 0.460 e. The van der Waals surface area contributed by atoms with Gasteiger partial charge in [0.1, 0.15) is 6.10 Å². The van der Waals surface area contributed by atoms with Gasteiger partial charge in [0.15, 0.2) is 0 Å². The standard InChI is InChI=1S/C18H29NO2/c1-17(2,3)15(19)14(21-16(20)18(4,5)6)12-13-10-8-7-9-11-13/h7-11,14-15H,12,19H2,1-6H3. The van der Waals surface area contributed by atoms with Crippen molar-refractivity contribution in [3.8, 4) is 0 Å². The average molecular weight is 291 g/mol. The van der Waals surface area contributed by atoms with Crippen LogP contribution in [0.2, 0.25) is 0 Å². The molecule has 0 spiro atoms. The average Bonchev–Trinajstić information content (AvgIpc) is 2.36. The lowest BCUT2D eigenvalue weighted by Gasteiger charge is -2.35. The van der Waals surface area contributed by atoms with Crippen molar-refractivity contribution in [1.29, 1.82) is 0 Å². The summed E-state index contributed by atoms with van der Waals surface area (Å²) in [5.41, 5.74) is 6.84. The maximum atomic E-state index is 12.2. The molecular weight excluding hydrogens is 262 g/mol. The molecule has 21 heavy (non-hydrogen) atoms. The van der Waals surface area contributed by atoms with Gasteiger partial charge in [-0.15, -0.1) is 0 Å². The van der Waals surface area contributed by atoms with Crippen molar-refractivity contribution in [3.63, 3.8) is 0 Å². The third-order valence-corrected chi connectivity index (χ3v) is 3.55. The fraction of sp³-hybridized carbons (Fsp3) is 0.611. The van der Waals surface area contributed by atoms with Gasteiger partial charge >= 0.3 is 5.97 Å². The van der Waals surface area contributed by atoms with Gasteiger partial charge in [-0.1, -0.05) is 51.1 Å². The number of esters is 1. The van der Waals surface area contributed by atoms with Gasteiger partial charge in [-0.3, -0.25) is 4.79 Å². The zero-order chi connectivity index (χ0) is 16.3. The Labute approximate surface area is 128 Å². The summed E-state index contributed by atoms with van der Waals surface area (Å²) in [6, 6.07) is 9.80. The molecule has 3 nitrogen and oxygen atoms in total. The van der Waals surface area contributed by atoms with E-state index in [4.69, 9.17) is 10.5 Å². The first-order valence-electron chi connectivity index (χ1n) is 7.52. The smallest absolute Gasteiger partial charge is 0.311 e. The Morgan fingerprint density at radius 1 is 1.10 bits per heavy atom. The second-order valence-corrected chi connectivity index (χ2v) is 7.78. The number of hydrogen-bond acceptors (Lipinski definition) is 3. The van der Waals surface area contributed by atoms with Crippen molar-refractivity contribution in [2.24, 2.45) is 16.6 Å². The Morgan fingerprint density at radius 2 is 1.62 bits per heavy atom. The molecule has 0 aliphatic carbocycles. The van der Waals surface area contributed by atoms with Gasteiger partial charge in [0.05, 0.1) is 5.41 Å². The maximum Gasteiger partial charge on any atom is 0.311 e. The van der Waals surface area contributed by atoms with Crippen LogP contribution in [0.4, 0.5) is 0 Å². The molecule has 0 aromatic heterocycles. The highest BCUT2D eigenvalue weighted by Gasteiger charge is 2.34. The summed E-state index contributed by atoms with van der Waals surface area (Å²) in [5.74, 6) is -0.205. The number of carbonyl (C=O) groups excluding carboxylic acids is 1. The summed E-state index contributed by atoms with van der Waals surface area (Å²) < 4.78 is 5.74. The van der Waals surface area contributed by atoms with Crippen molar-refractivity contribution < 1.29 is 9.53 Å². The molecule has 0 radical (unpaired) electrons. The van der Waals surface area contributed by atoms with Crippen molar-refractivity contribution in [2.75, 3.05) is 0 Å². The molecule has 0 bridgehead atoms. The molecule has 0 fully saturated rings. The predicted octanol–water partition coefficient (Wildman–Crippen LogP) is 3.56. The van der Waals surface area contributed by atoms with E-state index < -0.39 is 5.41 Å². The van der Waals surface area contributed by atoms with Gasteiger partial charge in [-0.05, 0) is 31.7 Å². The molecule has 2 unspecified atom stereocenters. The number of carbonyl (C=O) groups is 1. The van der Waals surface area contributed by atoms with E-state index in [1.807, 2.05) is 51.1 Å². The van der Waals surface area contributed by atoms with Crippen LogP contribution in [0.3, 0.4) is 0 Å². The SMILES string of the molecule is CC(C)(C)C(=O)OC(Cc1ccccc1)C(N)C(C)(C)C. The predicted molar refractivity (Wildman–Crippen MR) is 86.9 cm³/mol. The molecule has 0 aliphatic rings. The topological polar surface area (TPSA) is 52.3 Å². The van der Waals surface area contributed by atoms with E-state index in [0.717, 1.165) is 5.56 Å². The van der Waals surface area contributed by atoms with Crippen LogP contribution in [0.5, 0.6) is 0 Å². The summed E-state index contributed by atoms with van der Waals surface area (Å²) in [6.45, 7) is 11.8. The summed E-state index contributed by atoms with van der Waals surface area (Å²) in [7, 11) is 0. The van der Waals surface area contributed by atoms with Gasteiger partial charge in [-0.25, -0.2) is 0 Å². The third kappa shape index (κ3) is 5.50. The molecule has 3 heteroatoms. The number of hydrogen-bond donors (Lipinski definition) is 1. The van der Waals surface area contributed by atoms with E-state index in [1.165, 1.54) is 0 Å². The van der Waals surface area contributed by atoms with Crippen LogP contribution in [0.1, 0.15) is 47.1 Å². The fourth-order valence-corrected chi connectivity index (χ4v) is 1.96. The van der Waals surface area contributed by atoms with Crippen LogP contribution in [0.25, 0.3) is 0 Å². The highest BCUT2D eigenvalue weighted by atomic mass is 16.5. The van der Waals surface area contributed by atoms with E-state index in [2.05, 4.69) is 20.8 Å². The molecule has 118 valence electrons. The number of benzene rings is 1. The molecule has 1 aromatic rings. The molecule has 0 amide bonds. The van der Waals surface area contributed by atoms with E-state index in [0.29, 0.717) is 6.42 Å². The van der Waals surface area contributed by atoms with E-state index in [-0.39, 0.29) is 23.5 Å². The van der Waals surface area contributed by atoms with Gasteiger partial charge in [0, 0.05) is 12.5 Å². The van der Waals surface area contributed by atoms with Crippen LogP contribution in [0.15, 0.2) is 30.3 Å². The molecule has 0 saturated heterocycles. The van der Waals surface area contributed by atoms with E-state index >= 15 is 0 Å². The normalized spacial score (nSPS) is 15.4. The van der Waals surface area contributed by atoms with Gasteiger partial charge < -0.3 is 10.5 Å². The molecular formula is C18H29NO2. The molecule has 1 rings (SSSR count). The summed E-state index contributed by atoms with van der Waals surface area (Å²) in [4.78, 5) is 12.2. The van der Waals surface area contributed by atoms with Gasteiger partial charge in [-0.2, -0.15) is 0 Å². The van der Waals surface area contributed by atoms with Crippen LogP contribution < -0.4 is 5.73 Å². The Kier molecular flexibility index (Phi) is 5.57. The second-order valence-electron chi connectivity index (χ2n) is 7.78. The Balaban J connectivity index is 2.93. The van der Waals surface area contributed by atoms with Crippen LogP contribution in [-0.4, -0.2) is 18.1 Å². The van der Waals surface area contributed by atoms with Crippen molar-refractivity contribution in [3.05, 3.63) is 35.9 Å². The molecule has 0 heterocycles. The third-order valence-electron chi connectivity index (χ3n) is 3.55. The maximum absolute atomic E-state index is 12.2. The van der Waals surface area contributed by atoms with Crippen molar-refractivity contribution in [1.82, 2.24) is 0 Å².